The molecule has 1 aliphatic rings. The minimum Gasteiger partial charge on any atom is -0.455 e. The van der Waals surface area contributed by atoms with Crippen LogP contribution in [-0.4, -0.2) is 45.8 Å². The zero-order chi connectivity index (χ0) is 21.7. The molecule has 7 heteroatoms. The minimum atomic E-state index is -0.786. The van der Waals surface area contributed by atoms with E-state index in [9.17, 15) is 14.9 Å². The van der Waals surface area contributed by atoms with Crippen LogP contribution in [0.5, 0.6) is 0 Å². The molecule has 1 heterocycles. The smallest absolute Gasteiger partial charge is 0.310 e. The molecule has 0 N–H and O–H groups in total. The fraction of sp³-hybridized carbons (Fsp3) is 0.478. The van der Waals surface area contributed by atoms with E-state index in [0.29, 0.717) is 12.8 Å². The minimum absolute atomic E-state index is 0.0465. The molecular weight excluding hydrogens is 380 g/mol. The lowest BCUT2D eigenvalue weighted by Gasteiger charge is -2.38. The van der Waals surface area contributed by atoms with E-state index in [1.165, 1.54) is 4.90 Å². The van der Waals surface area contributed by atoms with E-state index in [1.807, 2.05) is 44.2 Å². The topological polar surface area (TPSA) is 88.2 Å². The Morgan fingerprint density at radius 3 is 2.50 bits per heavy atom. The quantitative estimate of drug-likeness (QED) is 0.685. The first-order valence-electron chi connectivity index (χ1n) is 10.3. The van der Waals surface area contributed by atoms with E-state index in [1.54, 1.807) is 11.7 Å². The first kappa shape index (κ1) is 21.6. The summed E-state index contributed by atoms with van der Waals surface area (Å²) in [6, 6.07) is 12.0. The van der Waals surface area contributed by atoms with Gasteiger partial charge in [-0.2, -0.15) is 10.4 Å². The Labute approximate surface area is 177 Å². The molecule has 1 amide bonds. The Kier molecular flexibility index (Phi) is 6.56. The number of nitrogens with zero attached hydrogens (tertiary/aromatic N) is 4. The predicted octanol–water partition coefficient (Wildman–Crippen LogP) is 3.26. The van der Waals surface area contributed by atoms with Crippen molar-refractivity contribution in [3.63, 3.8) is 0 Å². The number of para-hydroxylation sites is 1. The van der Waals surface area contributed by atoms with Crippen molar-refractivity contribution in [2.45, 2.75) is 57.9 Å². The molecule has 0 atom stereocenters. The van der Waals surface area contributed by atoms with E-state index >= 15 is 0 Å². The van der Waals surface area contributed by atoms with Gasteiger partial charge in [-0.05, 0) is 38.8 Å². The van der Waals surface area contributed by atoms with Gasteiger partial charge in [0, 0.05) is 18.3 Å². The molecule has 1 aromatic carbocycles. The molecule has 3 rings (SSSR count). The third-order valence-electron chi connectivity index (χ3n) is 6.02. The number of carbonyl (C=O) groups is 2. The Balaban J connectivity index is 1.62. The van der Waals surface area contributed by atoms with Crippen LogP contribution >= 0.6 is 0 Å². The van der Waals surface area contributed by atoms with Gasteiger partial charge in [-0.1, -0.05) is 37.5 Å². The average molecular weight is 409 g/mol. The van der Waals surface area contributed by atoms with E-state index < -0.39 is 11.5 Å². The molecule has 0 aliphatic heterocycles. The summed E-state index contributed by atoms with van der Waals surface area (Å²) in [5, 5.41) is 14.2. The monoisotopic (exact) mass is 408 g/mol. The fourth-order valence-electron chi connectivity index (χ4n) is 4.08. The maximum Gasteiger partial charge on any atom is 0.310 e. The average Bonchev–Trinajstić information content (AvgIpc) is 3.06. The van der Waals surface area contributed by atoms with Crippen LogP contribution in [0.3, 0.4) is 0 Å². The van der Waals surface area contributed by atoms with Crippen LogP contribution in [0.1, 0.15) is 49.1 Å². The normalized spacial score (nSPS) is 15.3. The molecule has 0 radical (unpaired) electrons. The molecule has 1 aromatic heterocycles. The molecule has 0 spiro atoms. The van der Waals surface area contributed by atoms with Crippen molar-refractivity contribution in [1.29, 1.82) is 5.26 Å². The lowest BCUT2D eigenvalue weighted by molar-refractivity contribution is -0.153. The standard InChI is InChI=1S/C23H28N4O3/c1-17-20(18(2)27(25-17)19-10-6-4-7-11-19)14-22(29)30-15-21(28)26(3)23(16-24)12-8-5-9-13-23/h4,6-7,10-11H,5,8-9,12-15H2,1-3H3. The number of aryl methyl sites for hydroxylation is 1. The molecule has 30 heavy (non-hydrogen) atoms. The lowest BCUT2D eigenvalue weighted by atomic mass is 9.81. The molecule has 2 aromatic rings. The SMILES string of the molecule is Cc1nn(-c2ccccc2)c(C)c1CC(=O)OCC(=O)N(C)C1(C#N)CCCCC1. The maximum atomic E-state index is 12.6. The molecule has 1 saturated carbocycles. The van der Waals surface area contributed by atoms with Gasteiger partial charge >= 0.3 is 5.97 Å². The summed E-state index contributed by atoms with van der Waals surface area (Å²) in [7, 11) is 1.63. The molecule has 0 saturated heterocycles. The highest BCUT2D eigenvalue weighted by molar-refractivity contribution is 5.82. The van der Waals surface area contributed by atoms with Gasteiger partial charge in [0.1, 0.15) is 5.54 Å². The van der Waals surface area contributed by atoms with Crippen molar-refractivity contribution in [2.75, 3.05) is 13.7 Å². The summed E-state index contributed by atoms with van der Waals surface area (Å²) in [5.41, 5.74) is 2.55. The van der Waals surface area contributed by atoms with Crippen LogP contribution in [0.25, 0.3) is 5.69 Å². The van der Waals surface area contributed by atoms with Gasteiger partial charge in [0.2, 0.25) is 0 Å². The molecule has 7 nitrogen and oxygen atoms in total. The van der Waals surface area contributed by atoms with Crippen molar-refractivity contribution in [1.82, 2.24) is 14.7 Å². The van der Waals surface area contributed by atoms with Crippen LogP contribution in [0.4, 0.5) is 0 Å². The molecule has 0 unspecified atom stereocenters. The van der Waals surface area contributed by atoms with Gasteiger partial charge in [-0.25, -0.2) is 4.68 Å². The highest BCUT2D eigenvalue weighted by atomic mass is 16.5. The van der Waals surface area contributed by atoms with Gasteiger partial charge in [0.15, 0.2) is 6.61 Å². The zero-order valence-electron chi connectivity index (χ0n) is 17.9. The van der Waals surface area contributed by atoms with Gasteiger partial charge in [0.05, 0.1) is 23.9 Å². The summed E-state index contributed by atoms with van der Waals surface area (Å²) in [6.45, 7) is 3.41. The number of hydrogen-bond donors (Lipinski definition) is 0. The highest BCUT2D eigenvalue weighted by Gasteiger charge is 2.39. The molecule has 1 fully saturated rings. The largest absolute Gasteiger partial charge is 0.455 e. The number of ether oxygens (including phenoxy) is 1. The van der Waals surface area contributed by atoms with E-state index in [-0.39, 0.29) is 18.9 Å². The first-order chi connectivity index (χ1) is 14.4. The molecule has 0 bridgehead atoms. The zero-order valence-corrected chi connectivity index (χ0v) is 17.9. The lowest BCUT2D eigenvalue weighted by Crippen LogP contribution is -2.51. The van der Waals surface area contributed by atoms with E-state index in [0.717, 1.165) is 41.9 Å². The number of likely N-dealkylation sites (N-methyl/N-ethyl adjacent to an activating group) is 1. The van der Waals surface area contributed by atoms with Gasteiger partial charge in [-0.15, -0.1) is 0 Å². The van der Waals surface area contributed by atoms with Gasteiger partial charge in [0.25, 0.3) is 5.91 Å². The number of rotatable bonds is 6. The van der Waals surface area contributed by atoms with Gasteiger partial charge < -0.3 is 9.64 Å². The van der Waals surface area contributed by atoms with Crippen molar-refractivity contribution < 1.29 is 14.3 Å². The van der Waals surface area contributed by atoms with Crippen LogP contribution in [0.15, 0.2) is 30.3 Å². The number of amides is 1. The van der Waals surface area contributed by atoms with Crippen molar-refractivity contribution in [2.24, 2.45) is 0 Å². The number of nitriles is 1. The van der Waals surface area contributed by atoms with Crippen LogP contribution in [0.2, 0.25) is 0 Å². The summed E-state index contributed by atoms with van der Waals surface area (Å²) >= 11 is 0. The van der Waals surface area contributed by atoms with Crippen molar-refractivity contribution in [3.8, 4) is 11.8 Å². The Hall–Kier alpha value is -3.14. The summed E-state index contributed by atoms with van der Waals surface area (Å²) in [5.74, 6) is -0.828. The summed E-state index contributed by atoms with van der Waals surface area (Å²) in [6.07, 6.45) is 4.30. The second-order valence-electron chi connectivity index (χ2n) is 7.89. The number of esters is 1. The van der Waals surface area contributed by atoms with Crippen molar-refractivity contribution >= 4 is 11.9 Å². The molecule has 1 aliphatic carbocycles. The van der Waals surface area contributed by atoms with Crippen LogP contribution in [-0.2, 0) is 20.7 Å². The fourth-order valence-corrected chi connectivity index (χ4v) is 4.08. The van der Waals surface area contributed by atoms with Crippen LogP contribution < -0.4 is 0 Å². The molecular formula is C23H28N4O3. The van der Waals surface area contributed by atoms with Crippen LogP contribution in [0, 0.1) is 25.2 Å². The Morgan fingerprint density at radius 1 is 1.20 bits per heavy atom. The number of aromatic nitrogens is 2. The molecule has 158 valence electrons. The third kappa shape index (κ3) is 4.38. The number of carbonyl (C=O) groups excluding carboxylic acids is 2. The number of hydrogen-bond acceptors (Lipinski definition) is 5. The Bertz CT molecular complexity index is 953. The number of benzene rings is 1. The third-order valence-corrected chi connectivity index (χ3v) is 6.02. The summed E-state index contributed by atoms with van der Waals surface area (Å²) < 4.78 is 7.06. The maximum absolute atomic E-state index is 12.6. The Morgan fingerprint density at radius 2 is 1.87 bits per heavy atom. The summed E-state index contributed by atoms with van der Waals surface area (Å²) in [4.78, 5) is 26.4. The second kappa shape index (κ2) is 9.12. The highest BCUT2D eigenvalue weighted by Crippen LogP contribution is 2.32. The first-order valence-corrected chi connectivity index (χ1v) is 10.3. The second-order valence-corrected chi connectivity index (χ2v) is 7.89. The van der Waals surface area contributed by atoms with Gasteiger partial charge in [-0.3, -0.25) is 9.59 Å². The predicted molar refractivity (Wildman–Crippen MR) is 112 cm³/mol. The van der Waals surface area contributed by atoms with E-state index in [2.05, 4.69) is 11.2 Å². The van der Waals surface area contributed by atoms with E-state index in [4.69, 9.17) is 4.74 Å². The van der Waals surface area contributed by atoms with Crippen molar-refractivity contribution in [3.05, 3.63) is 47.3 Å².